The Morgan fingerprint density at radius 1 is 1.03 bits per heavy atom. The molecule has 0 amide bonds. The molecule has 0 aliphatic heterocycles. The van der Waals surface area contributed by atoms with E-state index in [1.807, 2.05) is 0 Å². The van der Waals surface area contributed by atoms with Crippen molar-refractivity contribution in [3.05, 3.63) is 97.5 Å². The fraction of sp³-hybridized carbons (Fsp3) is 0.240. The molecule has 3 rings (SSSR count). The number of sulfone groups is 1. The van der Waals surface area contributed by atoms with Crippen LogP contribution in [0.3, 0.4) is 0 Å². The Morgan fingerprint density at radius 3 is 2.18 bits per heavy atom. The van der Waals surface area contributed by atoms with Crippen LogP contribution in [0.5, 0.6) is 5.75 Å². The van der Waals surface area contributed by atoms with Crippen molar-refractivity contribution < 1.29 is 40.8 Å². The van der Waals surface area contributed by atoms with Crippen LogP contribution in [0.15, 0.2) is 65.6 Å². The zero-order valence-corrected chi connectivity index (χ0v) is 22.4. The zero-order chi connectivity index (χ0) is 29.0. The van der Waals surface area contributed by atoms with E-state index in [9.17, 15) is 36.5 Å². The number of methoxy groups -OCH3 is 1. The van der Waals surface area contributed by atoms with Gasteiger partial charge in [0, 0.05) is 28.1 Å². The number of carbonyl (C=O) groups is 1. The minimum Gasteiger partial charge on any atom is -0.489 e. The van der Waals surface area contributed by atoms with Crippen molar-refractivity contribution in [1.82, 2.24) is 0 Å². The van der Waals surface area contributed by atoms with E-state index in [1.165, 1.54) is 49.6 Å². The Hall–Kier alpha value is -3.35. The molecule has 0 saturated heterocycles. The van der Waals surface area contributed by atoms with E-state index in [-0.39, 0.29) is 32.7 Å². The van der Waals surface area contributed by atoms with Gasteiger partial charge < -0.3 is 9.47 Å². The summed E-state index contributed by atoms with van der Waals surface area (Å²) in [4.78, 5) is 21.9. The molecule has 39 heavy (non-hydrogen) atoms. The second-order valence-corrected chi connectivity index (χ2v) is 11.3. The lowest BCUT2D eigenvalue weighted by Gasteiger charge is -2.17. The van der Waals surface area contributed by atoms with Gasteiger partial charge in [-0.15, -0.1) is 0 Å². The molecule has 0 bridgehead atoms. The Morgan fingerprint density at radius 2 is 1.64 bits per heavy atom. The van der Waals surface area contributed by atoms with Gasteiger partial charge in [0.15, 0.2) is 9.84 Å². The molecule has 0 aromatic heterocycles. The quantitative estimate of drug-likeness (QED) is 0.145. The number of halogens is 5. The highest BCUT2D eigenvalue weighted by Gasteiger charge is 2.33. The van der Waals surface area contributed by atoms with E-state index in [2.05, 4.69) is 0 Å². The number of nitrogens with zero attached hydrogens (tertiary/aromatic N) is 1. The highest BCUT2D eigenvalue weighted by molar-refractivity contribution is 7.91. The van der Waals surface area contributed by atoms with Crippen molar-refractivity contribution in [3.8, 4) is 5.75 Å². The van der Waals surface area contributed by atoms with Gasteiger partial charge in [-0.2, -0.15) is 13.2 Å². The number of benzene rings is 3. The van der Waals surface area contributed by atoms with Crippen LogP contribution in [0, 0.1) is 10.1 Å². The molecule has 8 nitrogen and oxygen atoms in total. The Bertz CT molecular complexity index is 1460. The van der Waals surface area contributed by atoms with Crippen LogP contribution < -0.4 is 4.74 Å². The Labute approximate surface area is 231 Å². The van der Waals surface area contributed by atoms with Crippen LogP contribution >= 0.6 is 23.2 Å². The summed E-state index contributed by atoms with van der Waals surface area (Å²) in [5, 5.41) is 11.5. The fourth-order valence-electron chi connectivity index (χ4n) is 3.67. The molecular formula is C25H20Cl2F3NO7S. The first-order chi connectivity index (χ1) is 18.2. The number of nitro benzene ring substituents is 1. The summed E-state index contributed by atoms with van der Waals surface area (Å²) in [6.45, 7) is -0.437. The minimum atomic E-state index is -4.79. The molecule has 1 atom stereocenters. The summed E-state index contributed by atoms with van der Waals surface area (Å²) < 4.78 is 75.7. The first-order valence-corrected chi connectivity index (χ1v) is 13.4. The third-order valence-electron chi connectivity index (χ3n) is 5.52. The summed E-state index contributed by atoms with van der Waals surface area (Å²) in [5.74, 6) is -1.83. The van der Waals surface area contributed by atoms with Crippen LogP contribution in [0.1, 0.15) is 29.0 Å². The molecule has 0 aliphatic rings. The first-order valence-electron chi connectivity index (χ1n) is 11.0. The van der Waals surface area contributed by atoms with Crippen molar-refractivity contribution in [2.45, 2.75) is 30.0 Å². The van der Waals surface area contributed by atoms with Crippen LogP contribution in [0.2, 0.25) is 10.0 Å². The van der Waals surface area contributed by atoms with E-state index in [0.717, 1.165) is 12.1 Å². The maximum absolute atomic E-state index is 13.1. The van der Waals surface area contributed by atoms with E-state index in [1.54, 1.807) is 0 Å². The second-order valence-electron chi connectivity index (χ2n) is 8.36. The zero-order valence-electron chi connectivity index (χ0n) is 20.1. The van der Waals surface area contributed by atoms with Crippen molar-refractivity contribution in [2.24, 2.45) is 0 Å². The first kappa shape index (κ1) is 30.2. The predicted octanol–water partition coefficient (Wildman–Crippen LogP) is 6.62. The number of ether oxygens (including phenoxy) is 2. The molecule has 0 saturated carbocycles. The second kappa shape index (κ2) is 12.2. The van der Waals surface area contributed by atoms with Crippen LogP contribution in [0.4, 0.5) is 18.9 Å². The molecule has 3 aromatic rings. The molecule has 0 spiro atoms. The van der Waals surface area contributed by atoms with E-state index < -0.39 is 56.4 Å². The smallest absolute Gasteiger partial charge is 0.416 e. The standard InChI is InChI=1S/C25H20Cl2F3NO7S/c1-37-24(32)10-17(16-8-19(26)12-20(27)9-16)14-39(35,36)23-4-2-22(3-5-23)38-13-15-6-18(25(28,29)30)11-21(7-15)31(33)34/h2-9,11-12,17H,10,13-14H2,1H3. The molecule has 0 aliphatic carbocycles. The maximum atomic E-state index is 13.1. The molecule has 0 N–H and O–H groups in total. The molecule has 3 aromatic carbocycles. The van der Waals surface area contributed by atoms with Gasteiger partial charge in [-0.05, 0) is 59.7 Å². The number of nitro groups is 1. The number of hydrogen-bond acceptors (Lipinski definition) is 7. The summed E-state index contributed by atoms with van der Waals surface area (Å²) in [5.41, 5.74) is -1.61. The third kappa shape index (κ3) is 8.32. The van der Waals surface area contributed by atoms with Crippen LogP contribution in [-0.2, 0) is 32.2 Å². The van der Waals surface area contributed by atoms with Gasteiger partial charge in [-0.1, -0.05) is 23.2 Å². The lowest BCUT2D eigenvalue weighted by Crippen LogP contribution is -2.19. The van der Waals surface area contributed by atoms with Gasteiger partial charge in [-0.3, -0.25) is 14.9 Å². The van der Waals surface area contributed by atoms with Gasteiger partial charge in [0.25, 0.3) is 5.69 Å². The predicted molar refractivity (Wildman–Crippen MR) is 137 cm³/mol. The lowest BCUT2D eigenvalue weighted by atomic mass is 9.98. The molecule has 208 valence electrons. The van der Waals surface area contributed by atoms with Crippen molar-refractivity contribution in [3.63, 3.8) is 0 Å². The average molecular weight is 606 g/mol. The molecule has 0 fully saturated rings. The van der Waals surface area contributed by atoms with Gasteiger partial charge in [0.05, 0.1) is 34.7 Å². The maximum Gasteiger partial charge on any atom is 0.416 e. The lowest BCUT2D eigenvalue weighted by molar-refractivity contribution is -0.385. The average Bonchev–Trinajstić information content (AvgIpc) is 2.85. The molecule has 0 radical (unpaired) electrons. The number of rotatable bonds is 10. The summed E-state index contributed by atoms with van der Waals surface area (Å²) in [7, 11) is -2.78. The SMILES string of the molecule is COC(=O)CC(CS(=O)(=O)c1ccc(OCc2cc([N+](=O)[O-])cc(C(F)(F)F)c2)cc1)c1cc(Cl)cc(Cl)c1. The summed E-state index contributed by atoms with van der Waals surface area (Å²) in [6, 6.07) is 11.6. The van der Waals surface area contributed by atoms with Crippen molar-refractivity contribution in [1.29, 1.82) is 0 Å². The van der Waals surface area contributed by atoms with Gasteiger partial charge in [0.2, 0.25) is 0 Å². The fourth-order valence-corrected chi connectivity index (χ4v) is 5.79. The van der Waals surface area contributed by atoms with E-state index in [4.69, 9.17) is 32.7 Å². The van der Waals surface area contributed by atoms with Crippen molar-refractivity contribution >= 4 is 44.7 Å². The number of esters is 1. The van der Waals surface area contributed by atoms with Crippen LogP contribution in [-0.4, -0.2) is 32.2 Å². The normalized spacial score (nSPS) is 12.6. The minimum absolute atomic E-state index is 0.0981. The molecule has 0 heterocycles. The topological polar surface area (TPSA) is 113 Å². The number of non-ortho nitro benzene ring substituents is 1. The van der Waals surface area contributed by atoms with Gasteiger partial charge >= 0.3 is 12.1 Å². The summed E-state index contributed by atoms with van der Waals surface area (Å²) >= 11 is 12.1. The monoisotopic (exact) mass is 605 g/mol. The number of alkyl halides is 3. The number of carbonyl (C=O) groups excluding carboxylic acids is 1. The highest BCUT2D eigenvalue weighted by atomic mass is 35.5. The largest absolute Gasteiger partial charge is 0.489 e. The Balaban J connectivity index is 1.79. The third-order valence-corrected chi connectivity index (χ3v) is 7.79. The van der Waals surface area contributed by atoms with E-state index in [0.29, 0.717) is 11.6 Å². The Kier molecular flexibility index (Phi) is 9.47. The number of hydrogen-bond donors (Lipinski definition) is 0. The summed E-state index contributed by atoms with van der Waals surface area (Å²) in [6.07, 6.45) is -5.05. The highest BCUT2D eigenvalue weighted by Crippen LogP contribution is 2.33. The van der Waals surface area contributed by atoms with Crippen molar-refractivity contribution in [2.75, 3.05) is 12.9 Å². The molecular weight excluding hydrogens is 586 g/mol. The van der Waals surface area contributed by atoms with Crippen LogP contribution in [0.25, 0.3) is 0 Å². The molecule has 1 unspecified atom stereocenters. The van der Waals surface area contributed by atoms with Gasteiger partial charge in [-0.25, -0.2) is 8.42 Å². The molecule has 14 heteroatoms. The van der Waals surface area contributed by atoms with E-state index >= 15 is 0 Å². The van der Waals surface area contributed by atoms with Gasteiger partial charge in [0.1, 0.15) is 12.4 Å².